The van der Waals surface area contributed by atoms with Crippen LogP contribution < -0.4 is 10.9 Å². The van der Waals surface area contributed by atoms with Crippen molar-refractivity contribution in [1.82, 2.24) is 4.90 Å². The molecule has 0 aliphatic heterocycles. The summed E-state index contributed by atoms with van der Waals surface area (Å²) in [5.41, 5.74) is 0.771. The largest absolute Gasteiger partial charge is 0.423 e. The molecule has 17 heavy (non-hydrogen) atoms. The first-order valence-electron chi connectivity index (χ1n) is 5.08. The Hall–Kier alpha value is -2.30. The van der Waals surface area contributed by atoms with Gasteiger partial charge in [0.25, 0.3) is 0 Å². The van der Waals surface area contributed by atoms with Gasteiger partial charge in [0.05, 0.1) is 0 Å². The van der Waals surface area contributed by atoms with Crippen molar-refractivity contribution in [2.45, 2.75) is 0 Å². The summed E-state index contributed by atoms with van der Waals surface area (Å²) in [6, 6.07) is 7.89. The molecule has 2 rings (SSSR count). The number of urea groups is 1. The lowest BCUT2D eigenvalue weighted by molar-refractivity contribution is 0.230. The summed E-state index contributed by atoms with van der Waals surface area (Å²) >= 11 is 0. The van der Waals surface area contributed by atoms with Crippen LogP contribution in [0.1, 0.15) is 0 Å². The topological polar surface area (TPSA) is 62.6 Å². The quantitative estimate of drug-likeness (QED) is 0.763. The number of carbonyl (C=O) groups is 1. The first kappa shape index (κ1) is 11.2. The average Bonchev–Trinajstić information content (AvgIpc) is 2.29. The lowest BCUT2D eigenvalue weighted by Crippen LogP contribution is -2.27. The highest BCUT2D eigenvalue weighted by atomic mass is 16.4. The van der Waals surface area contributed by atoms with E-state index in [1.165, 1.54) is 11.0 Å². The zero-order valence-corrected chi connectivity index (χ0v) is 9.56. The Bertz CT molecular complexity index is 616. The van der Waals surface area contributed by atoms with Crippen LogP contribution in [0.4, 0.5) is 10.5 Å². The number of hydrogen-bond acceptors (Lipinski definition) is 3. The molecule has 1 aromatic carbocycles. The maximum Gasteiger partial charge on any atom is 0.336 e. The zero-order valence-electron chi connectivity index (χ0n) is 9.56. The van der Waals surface area contributed by atoms with Gasteiger partial charge in [-0.2, -0.15) is 0 Å². The van der Waals surface area contributed by atoms with Gasteiger partial charge >= 0.3 is 11.7 Å². The van der Waals surface area contributed by atoms with Crippen LogP contribution in [0.2, 0.25) is 0 Å². The monoisotopic (exact) mass is 232 g/mol. The van der Waals surface area contributed by atoms with Crippen LogP contribution in [0.15, 0.2) is 39.5 Å². The van der Waals surface area contributed by atoms with Gasteiger partial charge < -0.3 is 14.6 Å². The van der Waals surface area contributed by atoms with Crippen LogP contribution in [0, 0.1) is 0 Å². The van der Waals surface area contributed by atoms with Gasteiger partial charge in [0.1, 0.15) is 5.58 Å². The molecule has 5 nitrogen and oxygen atoms in total. The van der Waals surface area contributed by atoms with Gasteiger partial charge in [-0.05, 0) is 24.3 Å². The van der Waals surface area contributed by atoms with Crippen molar-refractivity contribution < 1.29 is 9.21 Å². The van der Waals surface area contributed by atoms with Gasteiger partial charge in [0, 0.05) is 31.2 Å². The van der Waals surface area contributed by atoms with E-state index in [1.807, 2.05) is 0 Å². The maximum absolute atomic E-state index is 11.4. The molecule has 0 saturated heterocycles. The van der Waals surface area contributed by atoms with E-state index in [1.54, 1.807) is 38.4 Å². The third kappa shape index (κ3) is 2.44. The summed E-state index contributed by atoms with van der Waals surface area (Å²) in [5, 5.41) is 3.48. The zero-order chi connectivity index (χ0) is 12.4. The summed E-state index contributed by atoms with van der Waals surface area (Å²) in [6.07, 6.45) is 0. The van der Waals surface area contributed by atoms with Gasteiger partial charge in [0.2, 0.25) is 0 Å². The maximum atomic E-state index is 11.4. The number of nitrogens with zero attached hydrogens (tertiary/aromatic N) is 1. The Morgan fingerprint density at radius 3 is 2.71 bits per heavy atom. The molecule has 0 aliphatic carbocycles. The second kappa shape index (κ2) is 4.29. The van der Waals surface area contributed by atoms with E-state index in [2.05, 4.69) is 5.32 Å². The minimum Gasteiger partial charge on any atom is -0.423 e. The van der Waals surface area contributed by atoms with Crippen LogP contribution >= 0.6 is 0 Å². The third-order valence-corrected chi connectivity index (χ3v) is 2.28. The van der Waals surface area contributed by atoms with Crippen molar-refractivity contribution >= 4 is 22.7 Å². The Labute approximate surface area is 97.6 Å². The van der Waals surface area contributed by atoms with Gasteiger partial charge in [-0.3, -0.25) is 0 Å². The van der Waals surface area contributed by atoms with Crippen LogP contribution in [0.25, 0.3) is 11.0 Å². The highest BCUT2D eigenvalue weighted by molar-refractivity contribution is 5.91. The van der Waals surface area contributed by atoms with E-state index in [-0.39, 0.29) is 11.7 Å². The number of fused-ring (bicyclic) bond motifs is 1. The molecule has 0 spiro atoms. The molecule has 2 aromatic rings. The summed E-state index contributed by atoms with van der Waals surface area (Å²) in [4.78, 5) is 23.9. The highest BCUT2D eigenvalue weighted by Crippen LogP contribution is 2.17. The summed E-state index contributed by atoms with van der Waals surface area (Å²) < 4.78 is 4.99. The highest BCUT2D eigenvalue weighted by Gasteiger charge is 2.05. The van der Waals surface area contributed by atoms with Gasteiger partial charge in [0.15, 0.2) is 0 Å². The predicted molar refractivity (Wildman–Crippen MR) is 65.2 cm³/mol. The van der Waals surface area contributed by atoms with E-state index >= 15 is 0 Å². The molecule has 0 saturated carbocycles. The van der Waals surface area contributed by atoms with Crippen molar-refractivity contribution in [2.24, 2.45) is 0 Å². The second-order valence-corrected chi connectivity index (χ2v) is 3.83. The SMILES string of the molecule is CN(C)C(=O)Nc1ccc2oc(=O)ccc2c1. The van der Waals surface area contributed by atoms with E-state index in [0.29, 0.717) is 11.3 Å². The Balaban J connectivity index is 2.35. The third-order valence-electron chi connectivity index (χ3n) is 2.28. The van der Waals surface area contributed by atoms with Gasteiger partial charge in [-0.1, -0.05) is 0 Å². The van der Waals surface area contributed by atoms with Crippen LogP contribution in [-0.4, -0.2) is 25.0 Å². The molecular formula is C12H12N2O3. The number of rotatable bonds is 1. The molecule has 1 heterocycles. The Morgan fingerprint density at radius 2 is 2.00 bits per heavy atom. The van der Waals surface area contributed by atoms with E-state index in [9.17, 15) is 9.59 Å². The predicted octanol–water partition coefficient (Wildman–Crippen LogP) is 1.89. The standard InChI is InChI=1S/C12H12N2O3/c1-14(2)12(16)13-9-4-5-10-8(7-9)3-6-11(15)17-10/h3-7H,1-2H3,(H,13,16). The molecule has 0 atom stereocenters. The Kier molecular flexibility index (Phi) is 2.82. The van der Waals surface area contributed by atoms with Gasteiger partial charge in [-0.15, -0.1) is 0 Å². The lowest BCUT2D eigenvalue weighted by Gasteiger charge is -2.12. The molecule has 2 amide bonds. The molecule has 0 fully saturated rings. The lowest BCUT2D eigenvalue weighted by atomic mass is 10.2. The second-order valence-electron chi connectivity index (χ2n) is 3.83. The van der Waals surface area contributed by atoms with Gasteiger partial charge in [-0.25, -0.2) is 9.59 Å². The summed E-state index contributed by atoms with van der Waals surface area (Å²) in [5.74, 6) is 0. The molecule has 88 valence electrons. The molecular weight excluding hydrogens is 220 g/mol. The van der Waals surface area contributed by atoms with E-state index in [4.69, 9.17) is 4.42 Å². The fourth-order valence-corrected chi connectivity index (χ4v) is 1.38. The molecule has 0 unspecified atom stereocenters. The number of amides is 2. The molecule has 0 radical (unpaired) electrons. The van der Waals surface area contributed by atoms with Crippen LogP contribution in [-0.2, 0) is 0 Å². The number of benzene rings is 1. The minimum atomic E-state index is -0.387. The number of nitrogens with one attached hydrogen (secondary N) is 1. The van der Waals surface area contributed by atoms with Crippen molar-refractivity contribution in [3.8, 4) is 0 Å². The molecule has 0 bridgehead atoms. The fourth-order valence-electron chi connectivity index (χ4n) is 1.38. The van der Waals surface area contributed by atoms with Crippen molar-refractivity contribution in [3.63, 3.8) is 0 Å². The van der Waals surface area contributed by atoms with Crippen LogP contribution in [0.5, 0.6) is 0 Å². The average molecular weight is 232 g/mol. The van der Waals surface area contributed by atoms with Crippen LogP contribution in [0.3, 0.4) is 0 Å². The minimum absolute atomic E-state index is 0.207. The van der Waals surface area contributed by atoms with E-state index in [0.717, 1.165) is 5.39 Å². The molecule has 5 heteroatoms. The molecule has 1 aromatic heterocycles. The van der Waals surface area contributed by atoms with Crippen molar-refractivity contribution in [3.05, 3.63) is 40.8 Å². The number of anilines is 1. The first-order chi connectivity index (χ1) is 8.06. The normalized spacial score (nSPS) is 10.2. The number of hydrogen-bond donors (Lipinski definition) is 1. The van der Waals surface area contributed by atoms with E-state index < -0.39 is 0 Å². The summed E-state index contributed by atoms with van der Waals surface area (Å²) in [7, 11) is 3.32. The fraction of sp³-hybridized carbons (Fsp3) is 0.167. The number of carbonyl (C=O) groups excluding carboxylic acids is 1. The Morgan fingerprint density at radius 1 is 1.24 bits per heavy atom. The first-order valence-corrected chi connectivity index (χ1v) is 5.08. The van der Waals surface area contributed by atoms with Crippen molar-refractivity contribution in [1.29, 1.82) is 0 Å². The van der Waals surface area contributed by atoms with Crippen molar-refractivity contribution in [2.75, 3.05) is 19.4 Å². The smallest absolute Gasteiger partial charge is 0.336 e. The molecule has 0 aliphatic rings. The molecule has 1 N–H and O–H groups in total. The summed E-state index contributed by atoms with van der Waals surface area (Å²) in [6.45, 7) is 0.